The molecule has 0 saturated heterocycles. The summed E-state index contributed by atoms with van der Waals surface area (Å²) in [5.41, 5.74) is 8.18. The van der Waals surface area contributed by atoms with Crippen molar-refractivity contribution in [1.29, 1.82) is 0 Å². The number of allylic oxidation sites excluding steroid dienone is 6. The average Bonchev–Trinajstić information content (AvgIpc) is 3.16. The van der Waals surface area contributed by atoms with Crippen molar-refractivity contribution in [1.82, 2.24) is 0 Å². The molecule has 0 aliphatic carbocycles. The minimum atomic E-state index is -0.00174. The molecule has 2 aromatic carbocycles. The molecule has 34 heavy (non-hydrogen) atoms. The van der Waals surface area contributed by atoms with Crippen LogP contribution in [0.1, 0.15) is 58.1 Å². The number of fused-ring (bicyclic) bond motifs is 2. The third kappa shape index (κ3) is 4.43. The van der Waals surface area contributed by atoms with Crippen molar-refractivity contribution < 1.29 is 4.58 Å². The molecule has 2 aliphatic rings. The van der Waals surface area contributed by atoms with Gasteiger partial charge in [-0.3, -0.25) is 0 Å². The Kier molecular flexibility index (Phi) is 7.23. The molecule has 0 spiro atoms. The highest BCUT2D eigenvalue weighted by Gasteiger charge is 2.42. The van der Waals surface area contributed by atoms with Gasteiger partial charge in [0.2, 0.25) is 5.69 Å². The summed E-state index contributed by atoms with van der Waals surface area (Å²) >= 11 is 4.38. The number of thiol groups is 1. The standard InChI is InChI=1S/C31H38N2S/c1-30(2)24-16-10-12-18-26(24)32(5)28(30)20-8-6-9-21-29-31(3,4)25-17-11-13-19-27(25)33(29)22-14-7-15-23-34/h6,8-13,16-21H,7,14-15,22-23H2,1-5H3/p+1. The zero-order valence-corrected chi connectivity index (χ0v) is 22.3. The second-order valence-corrected chi connectivity index (χ2v) is 10.9. The van der Waals surface area contributed by atoms with Crippen LogP contribution in [-0.4, -0.2) is 29.6 Å². The minimum absolute atomic E-state index is 0.00174. The first-order valence-corrected chi connectivity index (χ1v) is 13.2. The van der Waals surface area contributed by atoms with Gasteiger partial charge in [-0.15, -0.1) is 0 Å². The van der Waals surface area contributed by atoms with Crippen LogP contribution in [0.2, 0.25) is 0 Å². The van der Waals surface area contributed by atoms with E-state index in [1.54, 1.807) is 0 Å². The molecule has 2 heterocycles. The zero-order chi connectivity index (χ0) is 24.3. The van der Waals surface area contributed by atoms with Gasteiger partial charge in [0, 0.05) is 41.1 Å². The van der Waals surface area contributed by atoms with Gasteiger partial charge in [-0.05, 0) is 50.1 Å². The third-order valence-corrected chi connectivity index (χ3v) is 7.83. The molecule has 0 N–H and O–H groups in total. The van der Waals surface area contributed by atoms with Crippen LogP contribution in [-0.2, 0) is 10.8 Å². The van der Waals surface area contributed by atoms with E-state index in [0.29, 0.717) is 0 Å². The van der Waals surface area contributed by atoms with Gasteiger partial charge in [-0.2, -0.15) is 17.2 Å². The highest BCUT2D eigenvalue weighted by molar-refractivity contribution is 7.80. The van der Waals surface area contributed by atoms with Crippen molar-refractivity contribution in [2.24, 2.45) is 0 Å². The number of anilines is 1. The van der Waals surface area contributed by atoms with Gasteiger partial charge in [0.1, 0.15) is 7.05 Å². The smallest absolute Gasteiger partial charge is 0.209 e. The molecule has 0 radical (unpaired) electrons. The lowest BCUT2D eigenvalue weighted by atomic mass is 9.81. The lowest BCUT2D eigenvalue weighted by Gasteiger charge is -2.27. The molecule has 3 heteroatoms. The molecule has 0 aromatic heterocycles. The number of benzene rings is 2. The van der Waals surface area contributed by atoms with Gasteiger partial charge in [0.05, 0.1) is 5.41 Å². The summed E-state index contributed by atoms with van der Waals surface area (Å²) in [6.45, 7) is 10.4. The van der Waals surface area contributed by atoms with Crippen molar-refractivity contribution in [3.8, 4) is 0 Å². The van der Waals surface area contributed by atoms with E-state index in [-0.39, 0.29) is 10.8 Å². The SMILES string of the molecule is C[N+]1=C(C=CC=CC=C2N(CCCCCS)c3ccccc3C2(C)C)C(C)(C)c2ccccc21. The monoisotopic (exact) mass is 471 g/mol. The number of para-hydroxylation sites is 2. The van der Waals surface area contributed by atoms with Crippen LogP contribution in [0.3, 0.4) is 0 Å². The first kappa shape index (κ1) is 24.6. The largest absolute Gasteiger partial charge is 0.344 e. The van der Waals surface area contributed by atoms with Gasteiger partial charge in [-0.25, -0.2) is 0 Å². The lowest BCUT2D eigenvalue weighted by Crippen LogP contribution is -2.27. The van der Waals surface area contributed by atoms with E-state index >= 15 is 0 Å². The Hall–Kier alpha value is -2.52. The van der Waals surface area contributed by atoms with Crippen LogP contribution in [0.15, 0.2) is 84.6 Å². The number of rotatable bonds is 8. The fourth-order valence-electron chi connectivity index (χ4n) is 5.60. The third-order valence-electron chi connectivity index (χ3n) is 7.51. The normalized spacial score (nSPS) is 19.6. The maximum atomic E-state index is 4.38. The van der Waals surface area contributed by atoms with E-state index in [0.717, 1.165) is 12.3 Å². The molecule has 0 atom stereocenters. The Bertz CT molecular complexity index is 1160. The van der Waals surface area contributed by atoms with Crippen molar-refractivity contribution in [3.05, 3.63) is 95.7 Å². The Labute approximate surface area is 211 Å². The van der Waals surface area contributed by atoms with Crippen LogP contribution in [0.25, 0.3) is 0 Å². The molecular formula is C31H39N2S+. The van der Waals surface area contributed by atoms with Crippen LogP contribution < -0.4 is 4.90 Å². The quantitative estimate of drug-likeness (QED) is 0.180. The first-order chi connectivity index (χ1) is 16.3. The molecule has 2 nitrogen and oxygen atoms in total. The highest BCUT2D eigenvalue weighted by atomic mass is 32.1. The van der Waals surface area contributed by atoms with E-state index in [2.05, 4.69) is 136 Å². The van der Waals surface area contributed by atoms with E-state index in [9.17, 15) is 0 Å². The van der Waals surface area contributed by atoms with Gasteiger partial charge < -0.3 is 4.90 Å². The van der Waals surface area contributed by atoms with Crippen LogP contribution >= 0.6 is 12.6 Å². The Morgan fingerprint density at radius 3 is 2.26 bits per heavy atom. The molecule has 0 amide bonds. The lowest BCUT2D eigenvalue weighted by molar-refractivity contribution is -0.401. The predicted octanol–water partition coefficient (Wildman–Crippen LogP) is 7.59. The molecule has 0 fully saturated rings. The second kappa shape index (κ2) is 10.00. The summed E-state index contributed by atoms with van der Waals surface area (Å²) in [4.78, 5) is 2.53. The predicted molar refractivity (Wildman–Crippen MR) is 151 cm³/mol. The summed E-state index contributed by atoms with van der Waals surface area (Å²) in [6, 6.07) is 17.6. The van der Waals surface area contributed by atoms with E-state index in [1.165, 1.54) is 53.2 Å². The van der Waals surface area contributed by atoms with E-state index in [4.69, 9.17) is 0 Å². The fraction of sp³-hybridized carbons (Fsp3) is 0.387. The summed E-state index contributed by atoms with van der Waals surface area (Å²) < 4.78 is 2.32. The number of nitrogens with zero attached hydrogens (tertiary/aromatic N) is 2. The Morgan fingerprint density at radius 1 is 0.824 bits per heavy atom. The first-order valence-electron chi connectivity index (χ1n) is 12.5. The summed E-state index contributed by atoms with van der Waals surface area (Å²) in [7, 11) is 2.17. The Balaban J connectivity index is 1.55. The van der Waals surface area contributed by atoms with Crippen molar-refractivity contribution >= 4 is 29.7 Å². The molecule has 178 valence electrons. The zero-order valence-electron chi connectivity index (χ0n) is 21.4. The van der Waals surface area contributed by atoms with Crippen molar-refractivity contribution in [2.75, 3.05) is 24.2 Å². The Morgan fingerprint density at radius 2 is 1.53 bits per heavy atom. The fourth-order valence-corrected chi connectivity index (χ4v) is 5.82. The second-order valence-electron chi connectivity index (χ2n) is 10.5. The van der Waals surface area contributed by atoms with Gasteiger partial charge >= 0.3 is 0 Å². The molecule has 2 aliphatic heterocycles. The van der Waals surface area contributed by atoms with Gasteiger partial charge in [0.25, 0.3) is 0 Å². The number of unbranched alkanes of at least 4 members (excludes halogenated alkanes) is 2. The minimum Gasteiger partial charge on any atom is -0.344 e. The molecule has 0 unspecified atom stereocenters. The highest BCUT2D eigenvalue weighted by Crippen LogP contribution is 2.47. The maximum Gasteiger partial charge on any atom is 0.209 e. The van der Waals surface area contributed by atoms with Crippen LogP contribution in [0.4, 0.5) is 11.4 Å². The van der Waals surface area contributed by atoms with E-state index < -0.39 is 0 Å². The van der Waals surface area contributed by atoms with Crippen LogP contribution in [0.5, 0.6) is 0 Å². The number of hydrogen-bond donors (Lipinski definition) is 1. The summed E-state index contributed by atoms with van der Waals surface area (Å²) in [6.07, 6.45) is 14.7. The maximum absolute atomic E-state index is 4.38. The van der Waals surface area contributed by atoms with Gasteiger partial charge in [0.15, 0.2) is 5.71 Å². The molecule has 4 rings (SSSR count). The van der Waals surface area contributed by atoms with E-state index in [1.807, 2.05) is 0 Å². The van der Waals surface area contributed by atoms with Crippen molar-refractivity contribution in [2.45, 2.75) is 57.8 Å². The van der Waals surface area contributed by atoms with Crippen LogP contribution in [0, 0.1) is 0 Å². The van der Waals surface area contributed by atoms with Gasteiger partial charge in [-0.1, -0.05) is 74.9 Å². The molecule has 0 saturated carbocycles. The molecule has 2 aromatic rings. The average molecular weight is 472 g/mol. The molecule has 0 bridgehead atoms. The summed E-state index contributed by atoms with van der Waals surface area (Å²) in [5, 5.41) is 0. The number of hydrogen-bond acceptors (Lipinski definition) is 2. The van der Waals surface area contributed by atoms with Crippen molar-refractivity contribution in [3.63, 3.8) is 0 Å². The molecular weight excluding hydrogens is 432 g/mol. The summed E-state index contributed by atoms with van der Waals surface area (Å²) in [5.74, 6) is 0.968. The topological polar surface area (TPSA) is 6.25 Å².